The zero-order chi connectivity index (χ0) is 9.14. The van der Waals surface area contributed by atoms with Crippen LogP contribution in [0.1, 0.15) is 11.1 Å². The van der Waals surface area contributed by atoms with Crippen molar-refractivity contribution in [2.45, 2.75) is 6.92 Å². The average molecular weight is 189 g/mol. The molecule has 0 aliphatic rings. The number of hydrogen-bond acceptors (Lipinski definition) is 0. The molecule has 64 valence electrons. The molecule has 0 radical (unpaired) electrons. The summed E-state index contributed by atoms with van der Waals surface area (Å²) in [6.45, 7) is 1.86. The minimum atomic E-state index is -1.31. The largest absolute Gasteiger partial charge is 0.225 e. The highest BCUT2D eigenvalue weighted by atomic mass is 35.5. The molecule has 0 nitrogen and oxygen atoms in total. The normalized spacial score (nSPS) is 12.7. The van der Waals surface area contributed by atoms with Crippen LogP contribution in [0.25, 0.3) is 5.83 Å². The SMILES string of the molecule is Cc1ccc(C(F)=C(F)Cl)cc1. The Morgan fingerprint density at radius 3 is 2.08 bits per heavy atom. The molecule has 1 rings (SSSR count). The molecule has 0 saturated carbocycles. The van der Waals surface area contributed by atoms with Crippen LogP contribution in [0.15, 0.2) is 29.6 Å². The maximum absolute atomic E-state index is 12.8. The first-order valence-electron chi connectivity index (χ1n) is 3.39. The molecule has 0 saturated heterocycles. The van der Waals surface area contributed by atoms with Crippen LogP contribution >= 0.6 is 11.6 Å². The van der Waals surface area contributed by atoms with Gasteiger partial charge >= 0.3 is 0 Å². The quantitative estimate of drug-likeness (QED) is 0.629. The van der Waals surface area contributed by atoms with E-state index in [-0.39, 0.29) is 5.56 Å². The van der Waals surface area contributed by atoms with Crippen LogP contribution < -0.4 is 0 Å². The lowest BCUT2D eigenvalue weighted by molar-refractivity contribution is 0.651. The number of rotatable bonds is 1. The Labute approximate surface area is 74.5 Å². The van der Waals surface area contributed by atoms with Gasteiger partial charge in [0.2, 0.25) is 5.29 Å². The van der Waals surface area contributed by atoms with Gasteiger partial charge in [0.25, 0.3) is 0 Å². The summed E-state index contributed by atoms with van der Waals surface area (Å²) in [6, 6.07) is 6.34. The first-order valence-corrected chi connectivity index (χ1v) is 3.77. The second kappa shape index (κ2) is 3.68. The first kappa shape index (κ1) is 9.20. The van der Waals surface area contributed by atoms with Crippen LogP contribution in [0, 0.1) is 6.92 Å². The Hall–Kier alpha value is -0.890. The molecule has 1 aromatic rings. The number of aryl methyl sites for hydroxylation is 1. The van der Waals surface area contributed by atoms with Crippen molar-refractivity contribution in [1.82, 2.24) is 0 Å². The molecule has 0 aliphatic carbocycles. The van der Waals surface area contributed by atoms with Gasteiger partial charge in [-0.15, -0.1) is 0 Å². The lowest BCUT2D eigenvalue weighted by atomic mass is 10.1. The second-order valence-corrected chi connectivity index (χ2v) is 2.77. The predicted octanol–water partition coefficient (Wildman–Crippen LogP) is 3.80. The predicted molar refractivity (Wildman–Crippen MR) is 46.2 cm³/mol. The third-order valence-electron chi connectivity index (χ3n) is 1.47. The van der Waals surface area contributed by atoms with Crippen molar-refractivity contribution in [3.63, 3.8) is 0 Å². The summed E-state index contributed by atoms with van der Waals surface area (Å²) in [5.74, 6) is -1.02. The van der Waals surface area contributed by atoms with Gasteiger partial charge in [0.05, 0.1) is 0 Å². The van der Waals surface area contributed by atoms with Crippen LogP contribution in [0.4, 0.5) is 8.78 Å². The second-order valence-electron chi connectivity index (χ2n) is 2.44. The van der Waals surface area contributed by atoms with E-state index in [0.29, 0.717) is 0 Å². The summed E-state index contributed by atoms with van der Waals surface area (Å²) in [5, 5.41) is -1.31. The summed E-state index contributed by atoms with van der Waals surface area (Å²) in [4.78, 5) is 0. The molecule has 0 heterocycles. The number of hydrogen-bond donors (Lipinski definition) is 0. The molecule has 0 aliphatic heterocycles. The fourth-order valence-electron chi connectivity index (χ4n) is 0.809. The summed E-state index contributed by atoms with van der Waals surface area (Å²) in [6.07, 6.45) is 0. The fourth-order valence-corrected chi connectivity index (χ4v) is 0.918. The Morgan fingerprint density at radius 2 is 1.67 bits per heavy atom. The molecule has 0 unspecified atom stereocenters. The standard InChI is InChI=1S/C9H7ClF2/c1-6-2-4-7(5-3-6)8(11)9(10)12/h2-5H,1H3. The van der Waals surface area contributed by atoms with Gasteiger partial charge in [0.15, 0.2) is 5.83 Å². The molecule has 0 fully saturated rings. The topological polar surface area (TPSA) is 0 Å². The van der Waals surface area contributed by atoms with Gasteiger partial charge in [-0.2, -0.15) is 4.39 Å². The maximum Gasteiger partial charge on any atom is 0.225 e. The van der Waals surface area contributed by atoms with Crippen molar-refractivity contribution < 1.29 is 8.78 Å². The molecule has 0 spiro atoms. The minimum Gasteiger partial charge on any atom is -0.202 e. The van der Waals surface area contributed by atoms with E-state index in [9.17, 15) is 8.78 Å². The van der Waals surface area contributed by atoms with Crippen molar-refractivity contribution in [2.75, 3.05) is 0 Å². The summed E-state index contributed by atoms with van der Waals surface area (Å²) in [5.41, 5.74) is 1.15. The average Bonchev–Trinajstić information content (AvgIpc) is 2.04. The molecule has 0 N–H and O–H groups in total. The molecule has 0 aromatic heterocycles. The van der Waals surface area contributed by atoms with Gasteiger partial charge in [-0.3, -0.25) is 0 Å². The lowest BCUT2D eigenvalue weighted by Gasteiger charge is -1.97. The zero-order valence-corrected chi connectivity index (χ0v) is 7.20. The molecule has 1 aromatic carbocycles. The van der Waals surface area contributed by atoms with Gasteiger partial charge in [0.1, 0.15) is 0 Å². The van der Waals surface area contributed by atoms with Crippen LogP contribution in [-0.4, -0.2) is 0 Å². The zero-order valence-electron chi connectivity index (χ0n) is 6.44. The highest BCUT2D eigenvalue weighted by molar-refractivity contribution is 6.30. The highest BCUT2D eigenvalue weighted by Gasteiger charge is 2.05. The maximum atomic E-state index is 12.8. The van der Waals surface area contributed by atoms with Crippen LogP contribution in [0.5, 0.6) is 0 Å². The highest BCUT2D eigenvalue weighted by Crippen LogP contribution is 2.23. The molecule has 12 heavy (non-hydrogen) atoms. The summed E-state index contributed by atoms with van der Waals surface area (Å²) < 4.78 is 24.9. The van der Waals surface area contributed by atoms with Crippen molar-refractivity contribution >= 4 is 17.4 Å². The van der Waals surface area contributed by atoms with Crippen LogP contribution in [0.2, 0.25) is 0 Å². The van der Waals surface area contributed by atoms with E-state index in [1.165, 1.54) is 12.1 Å². The Morgan fingerprint density at radius 1 is 1.17 bits per heavy atom. The third kappa shape index (κ3) is 2.05. The Bertz CT molecular complexity index is 297. The molecule has 0 atom stereocenters. The lowest BCUT2D eigenvalue weighted by Crippen LogP contribution is -1.79. The number of benzene rings is 1. The summed E-state index contributed by atoms with van der Waals surface area (Å²) in [7, 11) is 0. The van der Waals surface area contributed by atoms with E-state index < -0.39 is 11.1 Å². The smallest absolute Gasteiger partial charge is 0.202 e. The summed E-state index contributed by atoms with van der Waals surface area (Å²) >= 11 is 4.84. The Kier molecular flexibility index (Phi) is 2.82. The number of halogens is 3. The molecule has 3 heteroatoms. The minimum absolute atomic E-state index is 0.160. The van der Waals surface area contributed by atoms with E-state index in [1.807, 2.05) is 6.92 Å². The first-order chi connectivity index (χ1) is 5.61. The van der Waals surface area contributed by atoms with Crippen molar-refractivity contribution in [3.8, 4) is 0 Å². The van der Waals surface area contributed by atoms with E-state index in [0.717, 1.165) is 5.56 Å². The van der Waals surface area contributed by atoms with E-state index in [2.05, 4.69) is 0 Å². The molecule has 0 bridgehead atoms. The molecule has 0 amide bonds. The van der Waals surface area contributed by atoms with Gasteiger partial charge in [-0.25, -0.2) is 4.39 Å². The van der Waals surface area contributed by atoms with Gasteiger partial charge in [-0.05, 0) is 18.5 Å². The van der Waals surface area contributed by atoms with Gasteiger partial charge in [-0.1, -0.05) is 29.8 Å². The Balaban J connectivity index is 3.06. The van der Waals surface area contributed by atoms with Gasteiger partial charge < -0.3 is 0 Å². The van der Waals surface area contributed by atoms with E-state index in [4.69, 9.17) is 11.6 Å². The third-order valence-corrected chi connectivity index (χ3v) is 1.64. The van der Waals surface area contributed by atoms with Gasteiger partial charge in [0, 0.05) is 5.56 Å². The molecular weight excluding hydrogens is 182 g/mol. The molecular formula is C9H7ClF2. The fraction of sp³-hybridized carbons (Fsp3) is 0.111. The van der Waals surface area contributed by atoms with Crippen LogP contribution in [-0.2, 0) is 0 Å². The van der Waals surface area contributed by atoms with Crippen molar-refractivity contribution in [1.29, 1.82) is 0 Å². The van der Waals surface area contributed by atoms with E-state index in [1.54, 1.807) is 12.1 Å². The van der Waals surface area contributed by atoms with Crippen LogP contribution in [0.3, 0.4) is 0 Å². The van der Waals surface area contributed by atoms with Crippen molar-refractivity contribution in [3.05, 3.63) is 40.7 Å². The van der Waals surface area contributed by atoms with E-state index >= 15 is 0 Å². The monoisotopic (exact) mass is 188 g/mol. The van der Waals surface area contributed by atoms with Crippen molar-refractivity contribution in [2.24, 2.45) is 0 Å².